The van der Waals surface area contributed by atoms with Crippen LogP contribution >= 0.6 is 0 Å². The van der Waals surface area contributed by atoms with Crippen LogP contribution in [-0.4, -0.2) is 30.6 Å². The van der Waals surface area contributed by atoms with Crippen LogP contribution < -0.4 is 5.32 Å². The Labute approximate surface area is 105 Å². The predicted octanol–water partition coefficient (Wildman–Crippen LogP) is 2.60. The largest absolute Gasteiger partial charge is 0.312 e. The molecule has 0 bridgehead atoms. The molecule has 2 nitrogen and oxygen atoms in total. The summed E-state index contributed by atoms with van der Waals surface area (Å²) in [5, 5.41) is 3.50. The van der Waals surface area contributed by atoms with Crippen molar-refractivity contribution in [3.05, 3.63) is 35.4 Å². The van der Waals surface area contributed by atoms with Gasteiger partial charge in [0.15, 0.2) is 0 Å². The molecule has 1 aromatic rings. The van der Waals surface area contributed by atoms with Gasteiger partial charge in [0.05, 0.1) is 0 Å². The van der Waals surface area contributed by atoms with Crippen molar-refractivity contribution in [1.82, 2.24) is 10.2 Å². The van der Waals surface area contributed by atoms with Gasteiger partial charge in [-0.2, -0.15) is 0 Å². The van der Waals surface area contributed by atoms with E-state index in [1.807, 2.05) is 0 Å². The molecule has 0 aliphatic heterocycles. The Morgan fingerprint density at radius 1 is 1.35 bits per heavy atom. The third kappa shape index (κ3) is 2.24. The lowest BCUT2D eigenvalue weighted by molar-refractivity contribution is 0.139. The van der Waals surface area contributed by atoms with Gasteiger partial charge in [0, 0.05) is 18.1 Å². The fraction of sp³-hybridized carbons (Fsp3) is 0.600. The van der Waals surface area contributed by atoms with Crippen molar-refractivity contribution in [2.75, 3.05) is 13.6 Å². The van der Waals surface area contributed by atoms with Gasteiger partial charge < -0.3 is 5.32 Å². The van der Waals surface area contributed by atoms with Crippen molar-refractivity contribution in [2.45, 2.75) is 45.3 Å². The summed E-state index contributed by atoms with van der Waals surface area (Å²) in [6.07, 6.45) is 1.17. The minimum Gasteiger partial charge on any atom is -0.312 e. The Morgan fingerprint density at radius 2 is 2.06 bits per heavy atom. The normalized spacial score (nSPS) is 23.4. The minimum atomic E-state index is 0.480. The molecular weight excluding hydrogens is 208 g/mol. The molecule has 17 heavy (non-hydrogen) atoms. The van der Waals surface area contributed by atoms with Crippen molar-refractivity contribution >= 4 is 0 Å². The van der Waals surface area contributed by atoms with Gasteiger partial charge in [-0.1, -0.05) is 31.2 Å². The highest BCUT2D eigenvalue weighted by molar-refractivity contribution is 5.37. The molecule has 0 saturated carbocycles. The Morgan fingerprint density at radius 3 is 2.65 bits per heavy atom. The fourth-order valence-electron chi connectivity index (χ4n) is 3.21. The molecule has 2 atom stereocenters. The summed E-state index contributed by atoms with van der Waals surface area (Å²) in [5.41, 5.74) is 3.00. The molecule has 1 aliphatic rings. The van der Waals surface area contributed by atoms with Crippen LogP contribution in [0.2, 0.25) is 0 Å². The number of benzene rings is 1. The molecule has 1 N–H and O–H groups in total. The first-order valence-corrected chi connectivity index (χ1v) is 6.69. The molecular formula is C15H24N2. The Balaban J connectivity index is 2.28. The van der Waals surface area contributed by atoms with E-state index < -0.39 is 0 Å². The maximum atomic E-state index is 3.50. The van der Waals surface area contributed by atoms with Crippen molar-refractivity contribution < 1.29 is 0 Å². The molecule has 0 saturated heterocycles. The number of fused-ring (bicyclic) bond motifs is 1. The zero-order chi connectivity index (χ0) is 12.4. The van der Waals surface area contributed by atoms with Crippen LogP contribution in [0, 0.1) is 0 Å². The van der Waals surface area contributed by atoms with Crippen LogP contribution in [0.15, 0.2) is 24.3 Å². The second-order valence-corrected chi connectivity index (χ2v) is 5.16. The first-order chi connectivity index (χ1) is 8.19. The van der Waals surface area contributed by atoms with Crippen LogP contribution in [0.1, 0.15) is 37.9 Å². The Bertz CT molecular complexity index is 373. The second kappa shape index (κ2) is 5.19. The van der Waals surface area contributed by atoms with Gasteiger partial charge in [-0.05, 0) is 45.0 Å². The van der Waals surface area contributed by atoms with Gasteiger partial charge in [0.25, 0.3) is 0 Å². The highest BCUT2D eigenvalue weighted by Gasteiger charge is 2.35. The van der Waals surface area contributed by atoms with E-state index >= 15 is 0 Å². The maximum Gasteiger partial charge on any atom is 0.0481 e. The van der Waals surface area contributed by atoms with Crippen molar-refractivity contribution in [3.8, 4) is 0 Å². The van der Waals surface area contributed by atoms with E-state index in [4.69, 9.17) is 0 Å². The van der Waals surface area contributed by atoms with Gasteiger partial charge in [-0.3, -0.25) is 4.90 Å². The number of nitrogens with zero attached hydrogens (tertiary/aromatic N) is 1. The zero-order valence-electron chi connectivity index (χ0n) is 11.4. The van der Waals surface area contributed by atoms with E-state index in [1.54, 1.807) is 0 Å². The fourth-order valence-corrected chi connectivity index (χ4v) is 3.21. The number of likely N-dealkylation sites (N-methyl/N-ethyl adjacent to an activating group) is 2. The van der Waals surface area contributed by atoms with Gasteiger partial charge in [-0.25, -0.2) is 0 Å². The van der Waals surface area contributed by atoms with Crippen molar-refractivity contribution in [3.63, 3.8) is 0 Å². The monoisotopic (exact) mass is 232 g/mol. The lowest BCUT2D eigenvalue weighted by atomic mass is 10.1. The second-order valence-electron chi connectivity index (χ2n) is 5.16. The smallest absolute Gasteiger partial charge is 0.0481 e. The first kappa shape index (κ1) is 12.6. The molecule has 2 unspecified atom stereocenters. The molecule has 1 aliphatic carbocycles. The summed E-state index contributed by atoms with van der Waals surface area (Å²) in [5.74, 6) is 0. The predicted molar refractivity (Wildman–Crippen MR) is 73.3 cm³/mol. The third-order valence-corrected chi connectivity index (χ3v) is 3.97. The molecule has 0 fully saturated rings. The van der Waals surface area contributed by atoms with E-state index in [-0.39, 0.29) is 0 Å². The quantitative estimate of drug-likeness (QED) is 0.858. The highest BCUT2D eigenvalue weighted by atomic mass is 15.2. The number of nitrogens with one attached hydrogen (secondary N) is 1. The maximum absolute atomic E-state index is 3.50. The number of hydrogen-bond donors (Lipinski definition) is 1. The van der Waals surface area contributed by atoms with Gasteiger partial charge in [0.1, 0.15) is 0 Å². The molecule has 94 valence electrons. The lowest BCUT2D eigenvalue weighted by Crippen LogP contribution is -2.45. The molecule has 0 heterocycles. The van der Waals surface area contributed by atoms with E-state index in [1.165, 1.54) is 17.5 Å². The number of hydrogen-bond acceptors (Lipinski definition) is 2. The molecule has 1 aromatic carbocycles. The topological polar surface area (TPSA) is 15.3 Å². The van der Waals surface area contributed by atoms with Gasteiger partial charge in [0.2, 0.25) is 0 Å². The van der Waals surface area contributed by atoms with Crippen LogP contribution in [0.3, 0.4) is 0 Å². The summed E-state index contributed by atoms with van der Waals surface area (Å²) in [7, 11) is 2.08. The van der Waals surface area contributed by atoms with Crippen LogP contribution in [0.5, 0.6) is 0 Å². The summed E-state index contributed by atoms with van der Waals surface area (Å²) in [4.78, 5) is 2.60. The average Bonchev–Trinajstić information content (AvgIpc) is 2.67. The van der Waals surface area contributed by atoms with Crippen LogP contribution in [0.4, 0.5) is 0 Å². The molecule has 2 heteroatoms. The van der Waals surface area contributed by atoms with E-state index in [2.05, 4.69) is 62.3 Å². The van der Waals surface area contributed by atoms with Crippen LogP contribution in [0.25, 0.3) is 0 Å². The standard InChI is InChI=1S/C15H24N2/c1-5-17(11(2)3)14-10-12-8-6-7-9-13(12)15(14)16-4/h6-9,11,14-16H,5,10H2,1-4H3. The first-order valence-electron chi connectivity index (χ1n) is 6.69. The van der Waals surface area contributed by atoms with Crippen molar-refractivity contribution in [2.24, 2.45) is 0 Å². The van der Waals surface area contributed by atoms with E-state index in [0.29, 0.717) is 18.1 Å². The summed E-state index contributed by atoms with van der Waals surface area (Å²) in [6, 6.07) is 10.5. The number of rotatable bonds is 4. The summed E-state index contributed by atoms with van der Waals surface area (Å²) in [6.45, 7) is 7.96. The van der Waals surface area contributed by atoms with Gasteiger partial charge in [-0.15, -0.1) is 0 Å². The van der Waals surface area contributed by atoms with E-state index in [9.17, 15) is 0 Å². The summed E-state index contributed by atoms with van der Waals surface area (Å²) >= 11 is 0. The van der Waals surface area contributed by atoms with Gasteiger partial charge >= 0.3 is 0 Å². The summed E-state index contributed by atoms with van der Waals surface area (Å²) < 4.78 is 0. The molecule has 0 aromatic heterocycles. The molecule has 0 radical (unpaired) electrons. The third-order valence-electron chi connectivity index (χ3n) is 3.97. The highest BCUT2D eigenvalue weighted by Crippen LogP contribution is 2.34. The molecule has 0 spiro atoms. The lowest BCUT2D eigenvalue weighted by Gasteiger charge is -2.35. The SMILES string of the molecule is CCN(C(C)C)C1Cc2ccccc2C1NC. The van der Waals surface area contributed by atoms with E-state index in [0.717, 1.165) is 6.54 Å². The van der Waals surface area contributed by atoms with Crippen molar-refractivity contribution in [1.29, 1.82) is 0 Å². The Kier molecular flexibility index (Phi) is 3.85. The minimum absolute atomic E-state index is 0.480. The molecule has 2 rings (SSSR count). The average molecular weight is 232 g/mol. The Hall–Kier alpha value is -0.860. The zero-order valence-corrected chi connectivity index (χ0v) is 11.4. The molecule has 0 amide bonds. The van der Waals surface area contributed by atoms with Crippen LogP contribution in [-0.2, 0) is 6.42 Å².